The zero-order valence-electron chi connectivity index (χ0n) is 13.0. The lowest BCUT2D eigenvalue weighted by Crippen LogP contribution is -2.52. The van der Waals surface area contributed by atoms with Gasteiger partial charge in [0.2, 0.25) is 5.91 Å². The predicted octanol–water partition coefficient (Wildman–Crippen LogP) is 3.11. The van der Waals surface area contributed by atoms with E-state index < -0.39 is 0 Å². The Morgan fingerprint density at radius 1 is 1.35 bits per heavy atom. The first-order valence-electron chi connectivity index (χ1n) is 8.36. The van der Waals surface area contributed by atoms with Gasteiger partial charge in [-0.05, 0) is 45.2 Å². The molecule has 1 heterocycles. The van der Waals surface area contributed by atoms with E-state index in [1.807, 2.05) is 6.08 Å². The summed E-state index contributed by atoms with van der Waals surface area (Å²) < 4.78 is 0. The normalized spacial score (nSPS) is 22.6. The summed E-state index contributed by atoms with van der Waals surface area (Å²) in [6.07, 6.45) is 10.9. The van der Waals surface area contributed by atoms with E-state index in [1.165, 1.54) is 25.7 Å². The maximum Gasteiger partial charge on any atom is 0.229 e. The van der Waals surface area contributed by atoms with Crippen molar-refractivity contribution in [1.82, 2.24) is 10.2 Å². The topological polar surface area (TPSA) is 32.3 Å². The third-order valence-corrected chi connectivity index (χ3v) is 5.10. The molecule has 3 heteroatoms. The van der Waals surface area contributed by atoms with Gasteiger partial charge in [-0.3, -0.25) is 4.79 Å². The zero-order chi connectivity index (χ0) is 14.4. The molecule has 114 valence electrons. The van der Waals surface area contributed by atoms with Gasteiger partial charge < -0.3 is 10.2 Å². The van der Waals surface area contributed by atoms with Gasteiger partial charge in [0.05, 0.1) is 5.41 Å². The van der Waals surface area contributed by atoms with Crippen molar-refractivity contribution < 1.29 is 4.79 Å². The molecule has 0 aromatic heterocycles. The van der Waals surface area contributed by atoms with Crippen LogP contribution in [0.3, 0.4) is 0 Å². The number of carbonyl (C=O) groups is 1. The summed E-state index contributed by atoms with van der Waals surface area (Å²) in [6, 6.07) is 0.462. The fourth-order valence-corrected chi connectivity index (χ4v) is 4.01. The molecule has 0 aromatic carbocycles. The van der Waals surface area contributed by atoms with Crippen molar-refractivity contribution in [2.24, 2.45) is 5.41 Å². The Labute approximate surface area is 123 Å². The van der Waals surface area contributed by atoms with Crippen molar-refractivity contribution in [3.63, 3.8) is 0 Å². The van der Waals surface area contributed by atoms with Crippen LogP contribution in [-0.4, -0.2) is 36.5 Å². The minimum Gasteiger partial charge on any atom is -0.336 e. The number of rotatable bonds is 6. The van der Waals surface area contributed by atoms with Gasteiger partial charge in [-0.25, -0.2) is 0 Å². The van der Waals surface area contributed by atoms with Gasteiger partial charge in [0.1, 0.15) is 0 Å². The average molecular weight is 278 g/mol. The highest BCUT2D eigenvalue weighted by molar-refractivity contribution is 5.83. The lowest BCUT2D eigenvalue weighted by Gasteiger charge is -2.42. The van der Waals surface area contributed by atoms with Crippen LogP contribution in [0.25, 0.3) is 0 Å². The van der Waals surface area contributed by atoms with Crippen molar-refractivity contribution in [1.29, 1.82) is 0 Å². The molecule has 0 radical (unpaired) electrons. The number of piperidine rings is 1. The highest BCUT2D eigenvalue weighted by Crippen LogP contribution is 2.38. The van der Waals surface area contributed by atoms with E-state index in [0.717, 1.165) is 45.3 Å². The first kappa shape index (κ1) is 15.6. The molecule has 1 saturated heterocycles. The van der Waals surface area contributed by atoms with E-state index >= 15 is 0 Å². The maximum absolute atomic E-state index is 13.2. The van der Waals surface area contributed by atoms with Gasteiger partial charge in [-0.1, -0.05) is 32.3 Å². The monoisotopic (exact) mass is 278 g/mol. The van der Waals surface area contributed by atoms with Crippen LogP contribution >= 0.6 is 0 Å². The minimum absolute atomic E-state index is 0.106. The Hall–Kier alpha value is -0.830. The fraction of sp³-hybridized carbons (Fsp3) is 0.824. The molecule has 0 aromatic rings. The average Bonchev–Trinajstić information content (AvgIpc) is 2.99. The third-order valence-electron chi connectivity index (χ3n) is 5.10. The second-order valence-electron chi connectivity index (χ2n) is 6.46. The maximum atomic E-state index is 13.2. The Morgan fingerprint density at radius 3 is 2.55 bits per heavy atom. The summed E-state index contributed by atoms with van der Waals surface area (Å²) in [5.41, 5.74) is -0.106. The Bertz CT molecular complexity index is 322. The second-order valence-corrected chi connectivity index (χ2v) is 6.46. The van der Waals surface area contributed by atoms with E-state index in [1.54, 1.807) is 0 Å². The number of carbonyl (C=O) groups excluding carboxylic acids is 1. The van der Waals surface area contributed by atoms with Crippen molar-refractivity contribution in [2.45, 2.75) is 64.3 Å². The van der Waals surface area contributed by atoms with Crippen molar-refractivity contribution >= 4 is 5.91 Å². The Morgan fingerprint density at radius 2 is 2.00 bits per heavy atom. The van der Waals surface area contributed by atoms with Crippen LogP contribution in [0.15, 0.2) is 12.7 Å². The lowest BCUT2D eigenvalue weighted by atomic mass is 9.74. The third kappa shape index (κ3) is 3.25. The van der Waals surface area contributed by atoms with Gasteiger partial charge in [-0.15, -0.1) is 6.58 Å². The summed E-state index contributed by atoms with van der Waals surface area (Å²) >= 11 is 0. The molecule has 0 bridgehead atoms. The summed E-state index contributed by atoms with van der Waals surface area (Å²) in [7, 11) is 0. The predicted molar refractivity (Wildman–Crippen MR) is 83.6 cm³/mol. The van der Waals surface area contributed by atoms with E-state index in [4.69, 9.17) is 0 Å². The zero-order valence-corrected chi connectivity index (χ0v) is 13.0. The molecular formula is C17H30N2O. The first-order chi connectivity index (χ1) is 9.73. The highest BCUT2D eigenvalue weighted by Gasteiger charge is 2.42. The molecule has 3 nitrogen and oxygen atoms in total. The molecule has 0 spiro atoms. The summed E-state index contributed by atoms with van der Waals surface area (Å²) in [5.74, 6) is 0.410. The van der Waals surface area contributed by atoms with E-state index in [-0.39, 0.29) is 5.41 Å². The van der Waals surface area contributed by atoms with Gasteiger partial charge in [-0.2, -0.15) is 0 Å². The Kier molecular flexibility index (Phi) is 5.64. The van der Waals surface area contributed by atoms with Gasteiger partial charge in [0.15, 0.2) is 0 Å². The molecular weight excluding hydrogens is 248 g/mol. The molecule has 2 aliphatic rings. The van der Waals surface area contributed by atoms with Crippen LogP contribution < -0.4 is 5.32 Å². The molecule has 0 unspecified atom stereocenters. The fourth-order valence-electron chi connectivity index (χ4n) is 4.01. The van der Waals surface area contributed by atoms with Crippen molar-refractivity contribution in [3.8, 4) is 0 Å². The van der Waals surface area contributed by atoms with E-state index in [0.29, 0.717) is 11.9 Å². The number of amides is 1. The van der Waals surface area contributed by atoms with E-state index in [9.17, 15) is 4.79 Å². The molecule has 1 aliphatic carbocycles. The number of nitrogens with zero attached hydrogens (tertiary/aromatic N) is 1. The highest BCUT2D eigenvalue weighted by atomic mass is 16.2. The molecule has 0 atom stereocenters. The lowest BCUT2D eigenvalue weighted by molar-refractivity contribution is -0.146. The largest absolute Gasteiger partial charge is 0.336 e. The molecule has 2 rings (SSSR count). The number of nitrogens with one attached hydrogen (secondary N) is 1. The van der Waals surface area contributed by atoms with Crippen LogP contribution in [0.5, 0.6) is 0 Å². The number of hydrogen-bond donors (Lipinski definition) is 1. The number of hydrogen-bond acceptors (Lipinski definition) is 2. The van der Waals surface area contributed by atoms with Crippen LogP contribution in [-0.2, 0) is 4.79 Å². The van der Waals surface area contributed by atoms with E-state index in [2.05, 4.69) is 23.7 Å². The first-order valence-corrected chi connectivity index (χ1v) is 8.36. The van der Waals surface area contributed by atoms with Crippen LogP contribution in [0.2, 0.25) is 0 Å². The molecule has 1 saturated carbocycles. The molecule has 20 heavy (non-hydrogen) atoms. The van der Waals surface area contributed by atoms with Gasteiger partial charge >= 0.3 is 0 Å². The Balaban J connectivity index is 2.15. The SMILES string of the molecule is C=CCN(C(=O)C1(CCC)CCNCC1)C1CCCC1. The quantitative estimate of drug-likeness (QED) is 0.757. The van der Waals surface area contributed by atoms with Crippen molar-refractivity contribution in [2.75, 3.05) is 19.6 Å². The van der Waals surface area contributed by atoms with Crippen LogP contribution in [0.1, 0.15) is 58.3 Å². The van der Waals surface area contributed by atoms with Gasteiger partial charge in [0, 0.05) is 12.6 Å². The smallest absolute Gasteiger partial charge is 0.229 e. The van der Waals surface area contributed by atoms with Crippen LogP contribution in [0.4, 0.5) is 0 Å². The summed E-state index contributed by atoms with van der Waals surface area (Å²) in [4.78, 5) is 15.4. The molecule has 1 aliphatic heterocycles. The minimum atomic E-state index is -0.106. The van der Waals surface area contributed by atoms with Crippen molar-refractivity contribution in [3.05, 3.63) is 12.7 Å². The standard InChI is InChI=1S/C17H30N2O/c1-3-9-17(10-12-18-13-11-17)16(20)19(14-4-2)15-7-5-6-8-15/h4,15,18H,2-3,5-14H2,1H3. The summed E-state index contributed by atoms with van der Waals surface area (Å²) in [6.45, 7) is 8.75. The molecule has 2 fully saturated rings. The molecule has 1 amide bonds. The van der Waals surface area contributed by atoms with Crippen LogP contribution in [0, 0.1) is 5.41 Å². The molecule has 1 N–H and O–H groups in total. The van der Waals surface area contributed by atoms with Gasteiger partial charge in [0.25, 0.3) is 0 Å². The summed E-state index contributed by atoms with van der Waals surface area (Å²) in [5, 5.41) is 3.40. The second kappa shape index (κ2) is 7.26.